The van der Waals surface area contributed by atoms with Gasteiger partial charge in [0.05, 0.1) is 0 Å². The molecule has 0 aromatic carbocycles. The van der Waals surface area contributed by atoms with E-state index in [0.29, 0.717) is 6.04 Å². The Labute approximate surface area is 105 Å². The van der Waals surface area contributed by atoms with Crippen molar-refractivity contribution in [3.05, 3.63) is 23.9 Å². The first-order chi connectivity index (χ1) is 8.18. The lowest BCUT2D eigenvalue weighted by Gasteiger charge is -2.35. The molecule has 17 heavy (non-hydrogen) atoms. The molecule has 0 spiro atoms. The van der Waals surface area contributed by atoms with E-state index in [1.165, 1.54) is 31.2 Å². The van der Waals surface area contributed by atoms with Crippen molar-refractivity contribution in [3.63, 3.8) is 0 Å². The molecule has 94 valence electrons. The molecule has 0 amide bonds. The van der Waals surface area contributed by atoms with Crippen LogP contribution in [-0.4, -0.2) is 11.0 Å². The van der Waals surface area contributed by atoms with Crippen LogP contribution in [0.4, 0.5) is 5.82 Å². The van der Waals surface area contributed by atoms with Gasteiger partial charge in [-0.2, -0.15) is 0 Å². The van der Waals surface area contributed by atoms with Crippen LogP contribution in [0.5, 0.6) is 0 Å². The van der Waals surface area contributed by atoms with Crippen LogP contribution in [0.15, 0.2) is 18.3 Å². The van der Waals surface area contributed by atoms with Crippen molar-refractivity contribution in [2.45, 2.75) is 52.5 Å². The second-order valence-corrected chi connectivity index (χ2v) is 5.61. The van der Waals surface area contributed by atoms with Crippen LogP contribution >= 0.6 is 0 Å². The fraction of sp³-hybridized carbons (Fsp3) is 0.667. The van der Waals surface area contributed by atoms with E-state index in [1.807, 2.05) is 12.3 Å². The molecule has 1 aliphatic carbocycles. The first-order valence-corrected chi connectivity index (χ1v) is 6.86. The van der Waals surface area contributed by atoms with Gasteiger partial charge in [-0.3, -0.25) is 0 Å². The van der Waals surface area contributed by atoms with Crippen molar-refractivity contribution in [1.82, 2.24) is 4.98 Å². The molecular weight excluding hydrogens is 208 g/mol. The summed E-state index contributed by atoms with van der Waals surface area (Å²) in [5, 5.41) is 3.67. The number of pyridine rings is 1. The molecule has 2 atom stereocenters. The van der Waals surface area contributed by atoms with Crippen LogP contribution < -0.4 is 5.32 Å². The number of anilines is 1. The van der Waals surface area contributed by atoms with Crippen LogP contribution in [0.3, 0.4) is 0 Å². The van der Waals surface area contributed by atoms with Crippen LogP contribution in [-0.2, 0) is 0 Å². The highest BCUT2D eigenvalue weighted by atomic mass is 15.0. The second-order valence-electron chi connectivity index (χ2n) is 5.61. The number of rotatable bonds is 3. The third-order valence-electron chi connectivity index (χ3n) is 4.01. The Balaban J connectivity index is 2.08. The molecule has 1 heterocycles. The van der Waals surface area contributed by atoms with Crippen molar-refractivity contribution >= 4 is 5.82 Å². The van der Waals surface area contributed by atoms with E-state index in [1.54, 1.807) is 0 Å². The summed E-state index contributed by atoms with van der Waals surface area (Å²) >= 11 is 0. The molecular formula is C15H24N2. The van der Waals surface area contributed by atoms with Crippen molar-refractivity contribution in [2.75, 3.05) is 5.32 Å². The summed E-state index contributed by atoms with van der Waals surface area (Å²) in [4.78, 5) is 4.46. The molecule has 1 aliphatic rings. The Morgan fingerprint density at radius 2 is 2.06 bits per heavy atom. The zero-order valence-electron chi connectivity index (χ0n) is 11.2. The number of aromatic nitrogens is 1. The minimum atomic E-state index is 0.609. The summed E-state index contributed by atoms with van der Waals surface area (Å²) in [6.07, 6.45) is 7.28. The van der Waals surface area contributed by atoms with Gasteiger partial charge in [0.15, 0.2) is 0 Å². The maximum atomic E-state index is 4.46. The van der Waals surface area contributed by atoms with Gasteiger partial charge in [-0.25, -0.2) is 4.98 Å². The van der Waals surface area contributed by atoms with Gasteiger partial charge in [0.1, 0.15) is 5.82 Å². The van der Waals surface area contributed by atoms with Crippen LogP contribution in [0, 0.1) is 18.8 Å². The largest absolute Gasteiger partial charge is 0.367 e. The number of hydrogen-bond acceptors (Lipinski definition) is 2. The van der Waals surface area contributed by atoms with Gasteiger partial charge in [0, 0.05) is 12.2 Å². The monoisotopic (exact) mass is 232 g/mol. The van der Waals surface area contributed by atoms with E-state index in [9.17, 15) is 0 Å². The minimum Gasteiger partial charge on any atom is -0.367 e. The van der Waals surface area contributed by atoms with Crippen molar-refractivity contribution in [2.24, 2.45) is 11.8 Å². The highest BCUT2D eigenvalue weighted by molar-refractivity contribution is 5.43. The third-order valence-corrected chi connectivity index (χ3v) is 4.01. The van der Waals surface area contributed by atoms with Crippen molar-refractivity contribution in [1.29, 1.82) is 0 Å². The van der Waals surface area contributed by atoms with Gasteiger partial charge >= 0.3 is 0 Å². The fourth-order valence-corrected chi connectivity index (χ4v) is 2.95. The molecule has 0 aliphatic heterocycles. The maximum absolute atomic E-state index is 4.46. The van der Waals surface area contributed by atoms with Crippen molar-refractivity contribution in [3.8, 4) is 0 Å². The molecule has 1 aromatic rings. The Hall–Kier alpha value is -1.05. The number of hydrogen-bond donors (Lipinski definition) is 1. The van der Waals surface area contributed by atoms with E-state index in [0.717, 1.165) is 17.7 Å². The molecule has 1 saturated carbocycles. The standard InChI is InChI=1S/C15H24N2/c1-11(2)13-8-4-5-9-14(13)17-15-12(3)7-6-10-16-15/h6-7,10-11,13-14H,4-5,8-9H2,1-3H3,(H,16,17). The summed E-state index contributed by atoms with van der Waals surface area (Å²) in [5.41, 5.74) is 1.25. The van der Waals surface area contributed by atoms with Gasteiger partial charge in [-0.1, -0.05) is 32.8 Å². The molecule has 2 unspecified atom stereocenters. The average Bonchev–Trinajstić information content (AvgIpc) is 2.32. The molecule has 0 saturated heterocycles. The lowest BCUT2D eigenvalue weighted by Crippen LogP contribution is -2.35. The Bertz CT molecular complexity index is 360. The van der Waals surface area contributed by atoms with E-state index in [2.05, 4.69) is 37.1 Å². The van der Waals surface area contributed by atoms with E-state index < -0.39 is 0 Å². The number of nitrogens with one attached hydrogen (secondary N) is 1. The minimum absolute atomic E-state index is 0.609. The highest BCUT2D eigenvalue weighted by Gasteiger charge is 2.27. The highest BCUT2D eigenvalue weighted by Crippen LogP contribution is 2.32. The van der Waals surface area contributed by atoms with Gasteiger partial charge in [-0.15, -0.1) is 0 Å². The fourth-order valence-electron chi connectivity index (χ4n) is 2.95. The first kappa shape index (κ1) is 12.4. The molecule has 0 radical (unpaired) electrons. The molecule has 2 rings (SSSR count). The quantitative estimate of drug-likeness (QED) is 0.851. The number of nitrogens with zero attached hydrogens (tertiary/aromatic N) is 1. The van der Waals surface area contributed by atoms with Gasteiger partial charge in [0.25, 0.3) is 0 Å². The molecule has 1 aromatic heterocycles. The lowest BCUT2D eigenvalue weighted by atomic mass is 9.78. The Morgan fingerprint density at radius 1 is 1.29 bits per heavy atom. The number of aryl methyl sites for hydroxylation is 1. The molecule has 2 heteroatoms. The first-order valence-electron chi connectivity index (χ1n) is 6.86. The third kappa shape index (κ3) is 2.99. The predicted octanol–water partition coefficient (Wildman–Crippen LogP) is 4.02. The van der Waals surface area contributed by atoms with Gasteiger partial charge in [0.2, 0.25) is 0 Å². The topological polar surface area (TPSA) is 24.9 Å². The van der Waals surface area contributed by atoms with Crippen LogP contribution in [0.1, 0.15) is 45.1 Å². The summed E-state index contributed by atoms with van der Waals surface area (Å²) in [5.74, 6) is 2.63. The second kappa shape index (κ2) is 5.52. The SMILES string of the molecule is Cc1cccnc1NC1CCCCC1C(C)C. The van der Waals surface area contributed by atoms with Crippen LogP contribution in [0.2, 0.25) is 0 Å². The van der Waals surface area contributed by atoms with Gasteiger partial charge in [-0.05, 0) is 43.2 Å². The van der Waals surface area contributed by atoms with Crippen molar-refractivity contribution < 1.29 is 0 Å². The zero-order valence-corrected chi connectivity index (χ0v) is 11.2. The average molecular weight is 232 g/mol. The summed E-state index contributed by atoms with van der Waals surface area (Å²) in [7, 11) is 0. The molecule has 1 fully saturated rings. The maximum Gasteiger partial charge on any atom is 0.129 e. The Morgan fingerprint density at radius 3 is 2.76 bits per heavy atom. The summed E-state index contributed by atoms with van der Waals surface area (Å²) < 4.78 is 0. The zero-order chi connectivity index (χ0) is 12.3. The predicted molar refractivity (Wildman–Crippen MR) is 73.2 cm³/mol. The molecule has 0 bridgehead atoms. The molecule has 2 nitrogen and oxygen atoms in total. The van der Waals surface area contributed by atoms with E-state index >= 15 is 0 Å². The van der Waals surface area contributed by atoms with Crippen LogP contribution in [0.25, 0.3) is 0 Å². The smallest absolute Gasteiger partial charge is 0.129 e. The van der Waals surface area contributed by atoms with E-state index in [4.69, 9.17) is 0 Å². The lowest BCUT2D eigenvalue weighted by molar-refractivity contribution is 0.253. The molecule has 1 N–H and O–H groups in total. The Kier molecular flexibility index (Phi) is 4.03. The van der Waals surface area contributed by atoms with Gasteiger partial charge < -0.3 is 5.32 Å². The summed E-state index contributed by atoms with van der Waals surface area (Å²) in [6.45, 7) is 6.81. The summed E-state index contributed by atoms with van der Waals surface area (Å²) in [6, 6.07) is 4.74. The normalized spacial score (nSPS) is 24.9. The van der Waals surface area contributed by atoms with E-state index in [-0.39, 0.29) is 0 Å².